The maximum Gasteiger partial charge on any atom is 0.264 e. The van der Waals surface area contributed by atoms with E-state index in [0.29, 0.717) is 38.5 Å². The molecule has 32 heavy (non-hydrogen) atoms. The molecule has 0 bridgehead atoms. The maximum absolute atomic E-state index is 13.8. The SMILES string of the molecule is COc1ccc(OC)c(C(=O)N(Cc2cccnc2)c2nc3c(OC)ccc(Cl)c3s2)c1. The van der Waals surface area contributed by atoms with Gasteiger partial charge in [-0.25, -0.2) is 4.98 Å². The highest BCUT2D eigenvalue weighted by Gasteiger charge is 2.26. The largest absolute Gasteiger partial charge is 0.497 e. The van der Waals surface area contributed by atoms with E-state index in [0.717, 1.165) is 10.3 Å². The van der Waals surface area contributed by atoms with Gasteiger partial charge in [0.05, 0.1) is 43.2 Å². The molecular weight excluding hydrogens is 450 g/mol. The quantitative estimate of drug-likeness (QED) is 0.369. The standard InChI is InChI=1S/C23H20ClN3O4S/c1-29-15-6-8-18(30-2)16(11-15)22(28)27(13-14-5-4-10-25-12-14)23-26-20-19(31-3)9-7-17(24)21(20)32-23/h4-12H,13H2,1-3H3. The molecule has 9 heteroatoms. The number of fused-ring (bicyclic) bond motifs is 1. The molecule has 4 aromatic rings. The third-order valence-corrected chi connectivity index (χ3v) is 6.38. The zero-order valence-electron chi connectivity index (χ0n) is 17.7. The number of hydrogen-bond acceptors (Lipinski definition) is 7. The molecule has 0 aliphatic rings. The van der Waals surface area contributed by atoms with Gasteiger partial charge in [-0.15, -0.1) is 0 Å². The average molecular weight is 470 g/mol. The second-order valence-electron chi connectivity index (χ2n) is 6.74. The Labute approximate surface area is 194 Å². The zero-order valence-corrected chi connectivity index (χ0v) is 19.2. The Kier molecular flexibility index (Phi) is 6.43. The van der Waals surface area contributed by atoms with Crippen molar-refractivity contribution in [2.24, 2.45) is 0 Å². The topological polar surface area (TPSA) is 73.8 Å². The average Bonchev–Trinajstić information content (AvgIpc) is 3.28. The summed E-state index contributed by atoms with van der Waals surface area (Å²) in [7, 11) is 4.64. The number of carbonyl (C=O) groups excluding carboxylic acids is 1. The van der Waals surface area contributed by atoms with E-state index in [1.54, 1.807) is 61.8 Å². The molecule has 0 aliphatic carbocycles. The van der Waals surface area contributed by atoms with Crippen molar-refractivity contribution in [3.63, 3.8) is 0 Å². The molecule has 0 spiro atoms. The van der Waals surface area contributed by atoms with Gasteiger partial charge < -0.3 is 14.2 Å². The first kappa shape index (κ1) is 21.9. The van der Waals surface area contributed by atoms with Gasteiger partial charge in [-0.1, -0.05) is 29.0 Å². The predicted molar refractivity (Wildman–Crippen MR) is 125 cm³/mol. The summed E-state index contributed by atoms with van der Waals surface area (Å²) in [6.45, 7) is 0.257. The van der Waals surface area contributed by atoms with Gasteiger partial charge in [-0.05, 0) is 42.0 Å². The van der Waals surface area contributed by atoms with Crippen molar-refractivity contribution in [2.75, 3.05) is 26.2 Å². The van der Waals surface area contributed by atoms with Gasteiger partial charge in [0.15, 0.2) is 5.13 Å². The van der Waals surface area contributed by atoms with Gasteiger partial charge in [-0.2, -0.15) is 0 Å². The second-order valence-corrected chi connectivity index (χ2v) is 8.13. The normalized spacial score (nSPS) is 10.8. The predicted octanol–water partition coefficient (Wildman–Crippen LogP) is 5.22. The fourth-order valence-electron chi connectivity index (χ4n) is 3.25. The summed E-state index contributed by atoms with van der Waals surface area (Å²) in [5, 5.41) is 1.02. The molecule has 0 fully saturated rings. The highest BCUT2D eigenvalue weighted by atomic mass is 35.5. The molecule has 2 aromatic carbocycles. The lowest BCUT2D eigenvalue weighted by atomic mass is 10.1. The Morgan fingerprint density at radius 1 is 1.06 bits per heavy atom. The molecule has 164 valence electrons. The number of carbonyl (C=O) groups is 1. The van der Waals surface area contributed by atoms with E-state index in [1.807, 2.05) is 12.1 Å². The van der Waals surface area contributed by atoms with Crippen molar-refractivity contribution in [1.29, 1.82) is 0 Å². The van der Waals surface area contributed by atoms with Crippen molar-refractivity contribution in [2.45, 2.75) is 6.54 Å². The van der Waals surface area contributed by atoms with Crippen LogP contribution in [-0.4, -0.2) is 37.2 Å². The minimum atomic E-state index is -0.293. The number of rotatable bonds is 7. The second kappa shape index (κ2) is 9.42. The van der Waals surface area contributed by atoms with Gasteiger partial charge in [0.2, 0.25) is 0 Å². The number of ether oxygens (including phenoxy) is 3. The van der Waals surface area contributed by atoms with Crippen LogP contribution in [0.25, 0.3) is 10.2 Å². The third kappa shape index (κ3) is 4.19. The monoisotopic (exact) mass is 469 g/mol. The summed E-state index contributed by atoms with van der Waals surface area (Å²) in [6, 6.07) is 12.3. The van der Waals surface area contributed by atoms with Crippen molar-refractivity contribution in [3.05, 3.63) is 71.0 Å². The first-order valence-corrected chi connectivity index (χ1v) is 10.8. The van der Waals surface area contributed by atoms with Crippen LogP contribution >= 0.6 is 22.9 Å². The van der Waals surface area contributed by atoms with Crippen LogP contribution in [0.1, 0.15) is 15.9 Å². The lowest BCUT2D eigenvalue weighted by Crippen LogP contribution is -2.30. The molecule has 4 rings (SSSR count). The van der Waals surface area contributed by atoms with Crippen LogP contribution in [-0.2, 0) is 6.54 Å². The van der Waals surface area contributed by atoms with E-state index in [2.05, 4.69) is 4.98 Å². The van der Waals surface area contributed by atoms with Gasteiger partial charge in [0.1, 0.15) is 22.8 Å². The highest BCUT2D eigenvalue weighted by molar-refractivity contribution is 7.23. The number of halogens is 1. The van der Waals surface area contributed by atoms with Gasteiger partial charge in [0.25, 0.3) is 5.91 Å². The summed E-state index contributed by atoms with van der Waals surface area (Å²) < 4.78 is 16.9. The van der Waals surface area contributed by atoms with Gasteiger partial charge in [0, 0.05) is 12.4 Å². The number of thiazole rings is 1. The molecule has 0 unspecified atom stereocenters. The Balaban J connectivity index is 1.86. The molecular formula is C23H20ClN3O4S. The van der Waals surface area contributed by atoms with Crippen molar-refractivity contribution >= 4 is 44.2 Å². The van der Waals surface area contributed by atoms with Crippen LogP contribution in [0.4, 0.5) is 5.13 Å². The number of amides is 1. The van der Waals surface area contributed by atoms with E-state index in [9.17, 15) is 4.79 Å². The molecule has 0 radical (unpaired) electrons. The number of pyridine rings is 1. The number of hydrogen-bond donors (Lipinski definition) is 0. The van der Waals surface area contributed by atoms with Gasteiger partial charge in [-0.3, -0.25) is 14.7 Å². The minimum Gasteiger partial charge on any atom is -0.497 e. The van der Waals surface area contributed by atoms with Crippen molar-refractivity contribution in [3.8, 4) is 17.2 Å². The Morgan fingerprint density at radius 3 is 2.53 bits per heavy atom. The Bertz CT molecular complexity index is 1260. The molecule has 2 heterocycles. The van der Waals surface area contributed by atoms with Crippen molar-refractivity contribution < 1.29 is 19.0 Å². The summed E-state index contributed by atoms with van der Waals surface area (Å²) in [4.78, 5) is 24.2. The smallest absolute Gasteiger partial charge is 0.264 e. The van der Waals surface area contributed by atoms with Gasteiger partial charge >= 0.3 is 0 Å². The van der Waals surface area contributed by atoms with Crippen LogP contribution in [0.3, 0.4) is 0 Å². The fraction of sp³-hybridized carbons (Fsp3) is 0.174. The van der Waals surface area contributed by atoms with Crippen LogP contribution in [0, 0.1) is 0 Å². The van der Waals surface area contributed by atoms with E-state index < -0.39 is 0 Å². The summed E-state index contributed by atoms with van der Waals surface area (Å²) >= 11 is 7.73. The van der Waals surface area contributed by atoms with E-state index in [1.165, 1.54) is 18.4 Å². The third-order valence-electron chi connectivity index (χ3n) is 4.84. The highest BCUT2D eigenvalue weighted by Crippen LogP contribution is 2.40. The Hall–Kier alpha value is -3.36. The molecule has 7 nitrogen and oxygen atoms in total. The van der Waals surface area contributed by atoms with E-state index in [-0.39, 0.29) is 12.5 Å². The minimum absolute atomic E-state index is 0.257. The van der Waals surface area contributed by atoms with Crippen LogP contribution in [0.5, 0.6) is 17.2 Å². The number of nitrogens with zero attached hydrogens (tertiary/aromatic N) is 3. The summed E-state index contributed by atoms with van der Waals surface area (Å²) in [5.74, 6) is 1.27. The molecule has 1 amide bonds. The van der Waals surface area contributed by atoms with Crippen LogP contribution in [0.15, 0.2) is 54.9 Å². The van der Waals surface area contributed by atoms with Crippen LogP contribution in [0.2, 0.25) is 5.02 Å². The molecule has 2 aromatic heterocycles. The van der Waals surface area contributed by atoms with Crippen LogP contribution < -0.4 is 19.1 Å². The number of benzene rings is 2. The number of aromatic nitrogens is 2. The lowest BCUT2D eigenvalue weighted by Gasteiger charge is -2.21. The van der Waals surface area contributed by atoms with E-state index in [4.69, 9.17) is 30.8 Å². The number of anilines is 1. The summed E-state index contributed by atoms with van der Waals surface area (Å²) in [5.41, 5.74) is 1.80. The van der Waals surface area contributed by atoms with Crippen molar-refractivity contribution in [1.82, 2.24) is 9.97 Å². The summed E-state index contributed by atoms with van der Waals surface area (Å²) in [6.07, 6.45) is 3.40. The first-order chi connectivity index (χ1) is 15.5. The molecule has 0 atom stereocenters. The van der Waals surface area contributed by atoms with E-state index >= 15 is 0 Å². The fourth-order valence-corrected chi connectivity index (χ4v) is 4.50. The molecule has 0 saturated heterocycles. The molecule has 0 saturated carbocycles. The molecule has 0 aliphatic heterocycles. The Morgan fingerprint density at radius 2 is 1.84 bits per heavy atom. The number of methoxy groups -OCH3 is 3. The first-order valence-electron chi connectivity index (χ1n) is 9.61. The lowest BCUT2D eigenvalue weighted by molar-refractivity contribution is 0.0981. The maximum atomic E-state index is 13.8. The zero-order chi connectivity index (χ0) is 22.7. The molecule has 0 N–H and O–H groups in total.